The molecule has 0 spiro atoms. The quantitative estimate of drug-likeness (QED) is 0.746. The largest absolute Gasteiger partial charge is 0.383 e. The smallest absolute Gasteiger partial charge is 0.0589 e. The molecule has 0 aliphatic rings. The number of ether oxygens (including phenoxy) is 2. The Morgan fingerprint density at radius 3 is 2.25 bits per heavy atom. The van der Waals surface area contributed by atoms with E-state index < -0.39 is 0 Å². The van der Waals surface area contributed by atoms with Gasteiger partial charge in [0.2, 0.25) is 0 Å². The van der Waals surface area contributed by atoms with Gasteiger partial charge in [-0.3, -0.25) is 4.90 Å². The molecule has 0 heterocycles. The van der Waals surface area contributed by atoms with Crippen LogP contribution in [0, 0.1) is 6.92 Å². The number of methoxy groups -OCH3 is 2. The first-order valence-corrected chi connectivity index (χ1v) is 7.61. The molecule has 1 aromatic carbocycles. The topological polar surface area (TPSA) is 47.7 Å². The molecular weight excluding hydrogens is 320 g/mol. The van der Waals surface area contributed by atoms with Gasteiger partial charge in [0.25, 0.3) is 0 Å². The molecule has 1 atom stereocenters. The predicted molar refractivity (Wildman–Crippen MR) is 86.0 cm³/mol. The van der Waals surface area contributed by atoms with Crippen LogP contribution in [0.5, 0.6) is 0 Å². The van der Waals surface area contributed by atoms with Gasteiger partial charge in [-0.2, -0.15) is 0 Å². The Balaban J connectivity index is 2.92. The Labute approximate surface area is 130 Å². The van der Waals surface area contributed by atoms with Crippen LogP contribution in [-0.4, -0.2) is 52.0 Å². The van der Waals surface area contributed by atoms with Gasteiger partial charge in [0.15, 0.2) is 0 Å². The van der Waals surface area contributed by atoms with Crippen molar-refractivity contribution in [3.05, 3.63) is 33.8 Å². The lowest BCUT2D eigenvalue weighted by Gasteiger charge is -2.31. The minimum absolute atomic E-state index is 0.162. The number of hydrogen-bond donors (Lipinski definition) is 1. The predicted octanol–water partition coefficient (Wildman–Crippen LogP) is 2.35. The molecule has 2 N–H and O–H groups in total. The van der Waals surface area contributed by atoms with E-state index in [1.807, 2.05) is 0 Å². The average Bonchev–Trinajstić information content (AvgIpc) is 2.43. The van der Waals surface area contributed by atoms with Gasteiger partial charge in [-0.1, -0.05) is 28.1 Å². The first-order valence-electron chi connectivity index (χ1n) is 6.82. The zero-order valence-electron chi connectivity index (χ0n) is 12.6. The number of nitrogens with two attached hydrogens (primary N) is 1. The fraction of sp³-hybridized carbons (Fsp3) is 0.600. The summed E-state index contributed by atoms with van der Waals surface area (Å²) in [5, 5.41) is 0. The molecule has 1 aromatic rings. The van der Waals surface area contributed by atoms with Crippen molar-refractivity contribution in [3.8, 4) is 0 Å². The number of rotatable bonds is 9. The summed E-state index contributed by atoms with van der Waals surface area (Å²) in [5.74, 6) is 0. The second-order valence-corrected chi connectivity index (χ2v) is 5.65. The number of hydrogen-bond acceptors (Lipinski definition) is 4. The highest BCUT2D eigenvalue weighted by Crippen LogP contribution is 2.28. The van der Waals surface area contributed by atoms with Crippen molar-refractivity contribution < 1.29 is 9.47 Å². The second-order valence-electron chi connectivity index (χ2n) is 4.80. The third-order valence-corrected chi connectivity index (χ3v) is 4.03. The monoisotopic (exact) mass is 344 g/mol. The second kappa shape index (κ2) is 9.47. The Morgan fingerprint density at radius 1 is 1.20 bits per heavy atom. The summed E-state index contributed by atoms with van der Waals surface area (Å²) >= 11 is 3.65. The fourth-order valence-corrected chi connectivity index (χ4v) is 2.97. The lowest BCUT2D eigenvalue weighted by atomic mass is 10.0. The summed E-state index contributed by atoms with van der Waals surface area (Å²) in [7, 11) is 3.43. The maximum absolute atomic E-state index is 6.01. The Bertz CT molecular complexity index is 393. The summed E-state index contributed by atoms with van der Waals surface area (Å²) in [4.78, 5) is 2.31. The van der Waals surface area contributed by atoms with Gasteiger partial charge in [-0.05, 0) is 24.1 Å². The van der Waals surface area contributed by atoms with Gasteiger partial charge in [0.05, 0.1) is 13.2 Å². The molecule has 0 fully saturated rings. The van der Waals surface area contributed by atoms with E-state index in [0.717, 1.165) is 17.6 Å². The highest BCUT2D eigenvalue weighted by molar-refractivity contribution is 9.10. The Hall–Kier alpha value is -0.460. The molecule has 0 radical (unpaired) electrons. The lowest BCUT2D eigenvalue weighted by Crippen LogP contribution is -2.38. The molecule has 20 heavy (non-hydrogen) atoms. The van der Waals surface area contributed by atoms with Crippen molar-refractivity contribution in [2.75, 3.05) is 47.1 Å². The van der Waals surface area contributed by atoms with Crippen LogP contribution in [0.25, 0.3) is 0 Å². The van der Waals surface area contributed by atoms with Crippen LogP contribution >= 0.6 is 15.9 Å². The Morgan fingerprint density at radius 2 is 1.80 bits per heavy atom. The molecule has 4 nitrogen and oxygen atoms in total. The number of halogens is 1. The molecule has 0 saturated heterocycles. The third-order valence-electron chi connectivity index (χ3n) is 3.34. The van der Waals surface area contributed by atoms with E-state index in [-0.39, 0.29) is 6.04 Å². The first-order chi connectivity index (χ1) is 9.63. The number of aryl methyl sites for hydroxylation is 1. The van der Waals surface area contributed by atoms with Crippen molar-refractivity contribution >= 4 is 15.9 Å². The van der Waals surface area contributed by atoms with E-state index in [1.165, 1.54) is 11.1 Å². The molecule has 1 unspecified atom stereocenters. The highest BCUT2D eigenvalue weighted by atomic mass is 79.9. The normalized spacial score (nSPS) is 12.9. The third kappa shape index (κ3) is 5.14. The van der Waals surface area contributed by atoms with Crippen LogP contribution in [0.4, 0.5) is 0 Å². The summed E-state index contributed by atoms with van der Waals surface area (Å²) in [5.41, 5.74) is 8.46. The van der Waals surface area contributed by atoms with E-state index in [2.05, 4.69) is 46.0 Å². The molecule has 0 aliphatic carbocycles. The molecule has 0 aromatic heterocycles. The minimum atomic E-state index is 0.162. The minimum Gasteiger partial charge on any atom is -0.383 e. The maximum atomic E-state index is 6.01. The van der Waals surface area contributed by atoms with Crippen LogP contribution in [0.3, 0.4) is 0 Å². The van der Waals surface area contributed by atoms with Crippen LogP contribution in [0.1, 0.15) is 17.2 Å². The Kier molecular flexibility index (Phi) is 8.33. The van der Waals surface area contributed by atoms with Crippen LogP contribution in [0.2, 0.25) is 0 Å². The molecule has 1 rings (SSSR count). The van der Waals surface area contributed by atoms with Gasteiger partial charge in [-0.25, -0.2) is 0 Å². The van der Waals surface area contributed by atoms with Gasteiger partial charge < -0.3 is 15.2 Å². The maximum Gasteiger partial charge on any atom is 0.0589 e. The SMILES string of the molecule is COCCN(CCOC)C(CN)c1ccc(C)cc1Br. The zero-order chi connectivity index (χ0) is 15.0. The van der Waals surface area contributed by atoms with Crippen LogP contribution in [0.15, 0.2) is 22.7 Å². The average molecular weight is 345 g/mol. The van der Waals surface area contributed by atoms with Crippen LogP contribution in [-0.2, 0) is 9.47 Å². The molecule has 0 amide bonds. The van der Waals surface area contributed by atoms with E-state index in [9.17, 15) is 0 Å². The van der Waals surface area contributed by atoms with Gasteiger partial charge in [0, 0.05) is 44.4 Å². The van der Waals surface area contributed by atoms with Crippen molar-refractivity contribution in [1.82, 2.24) is 4.90 Å². The summed E-state index contributed by atoms with van der Waals surface area (Å²) in [6, 6.07) is 6.55. The summed E-state index contributed by atoms with van der Waals surface area (Å²) < 4.78 is 11.5. The van der Waals surface area contributed by atoms with E-state index in [1.54, 1.807) is 14.2 Å². The van der Waals surface area contributed by atoms with Crippen molar-refractivity contribution in [2.24, 2.45) is 5.73 Å². The van der Waals surface area contributed by atoms with Crippen molar-refractivity contribution in [3.63, 3.8) is 0 Å². The van der Waals surface area contributed by atoms with E-state index >= 15 is 0 Å². The summed E-state index contributed by atoms with van der Waals surface area (Å²) in [6.07, 6.45) is 0. The molecule has 0 bridgehead atoms. The van der Waals surface area contributed by atoms with E-state index in [4.69, 9.17) is 15.2 Å². The van der Waals surface area contributed by atoms with Crippen LogP contribution < -0.4 is 5.73 Å². The fourth-order valence-electron chi connectivity index (χ4n) is 2.22. The lowest BCUT2D eigenvalue weighted by molar-refractivity contribution is 0.0889. The van der Waals surface area contributed by atoms with Gasteiger partial charge in [-0.15, -0.1) is 0 Å². The van der Waals surface area contributed by atoms with Crippen molar-refractivity contribution in [2.45, 2.75) is 13.0 Å². The van der Waals surface area contributed by atoms with E-state index in [0.29, 0.717) is 19.8 Å². The highest BCUT2D eigenvalue weighted by Gasteiger charge is 2.20. The first kappa shape index (κ1) is 17.6. The molecule has 114 valence electrons. The van der Waals surface area contributed by atoms with Gasteiger partial charge >= 0.3 is 0 Å². The molecule has 0 saturated carbocycles. The standard InChI is InChI=1S/C15H25BrN2O2/c1-12-4-5-13(14(16)10-12)15(11-17)18(6-8-19-2)7-9-20-3/h4-5,10,15H,6-9,11,17H2,1-3H3. The molecule has 0 aliphatic heterocycles. The molecular formula is C15H25BrN2O2. The number of nitrogens with zero attached hydrogens (tertiary/aromatic N) is 1. The summed E-state index contributed by atoms with van der Waals surface area (Å²) in [6.45, 7) is 5.69. The van der Waals surface area contributed by atoms with Crippen molar-refractivity contribution in [1.29, 1.82) is 0 Å². The number of benzene rings is 1. The van der Waals surface area contributed by atoms with Gasteiger partial charge in [0.1, 0.15) is 0 Å². The molecule has 5 heteroatoms. The zero-order valence-corrected chi connectivity index (χ0v) is 14.1.